The van der Waals surface area contributed by atoms with E-state index in [9.17, 15) is 4.79 Å². The Morgan fingerprint density at radius 2 is 1.74 bits per heavy atom. The Morgan fingerprint density at radius 3 is 2.57 bits per heavy atom. The van der Waals surface area contributed by atoms with E-state index in [4.69, 9.17) is 4.74 Å². The van der Waals surface area contributed by atoms with E-state index >= 15 is 0 Å². The van der Waals surface area contributed by atoms with Gasteiger partial charge < -0.3 is 4.74 Å². The predicted molar refractivity (Wildman–Crippen MR) is 139 cm³/mol. The van der Waals surface area contributed by atoms with E-state index in [1.165, 1.54) is 5.56 Å². The zero-order valence-corrected chi connectivity index (χ0v) is 19.6. The van der Waals surface area contributed by atoms with Crippen LogP contribution in [0.4, 0.5) is 0 Å². The number of amides is 1. The molecule has 0 saturated carbocycles. The maximum Gasteiger partial charge on any atom is 0.258 e. The van der Waals surface area contributed by atoms with E-state index in [0.29, 0.717) is 13.0 Å². The molecular weight excluding hydrogens is 436 g/mol. The van der Waals surface area contributed by atoms with Gasteiger partial charge in [0.15, 0.2) is 0 Å². The largest absolute Gasteiger partial charge is 0.489 e. The molecule has 0 aromatic heterocycles. The number of ether oxygens (including phenoxy) is 1. The average Bonchev–Trinajstić information content (AvgIpc) is 3.39. The zero-order chi connectivity index (χ0) is 24.0. The number of fused-ring (bicyclic) bond motifs is 1. The van der Waals surface area contributed by atoms with Crippen molar-refractivity contribution in [2.75, 3.05) is 0 Å². The Balaban J connectivity index is 1.13. The summed E-state index contributed by atoms with van der Waals surface area (Å²) in [5.74, 6) is 0.645. The number of hydrazine groups is 1. The maximum absolute atomic E-state index is 12.6. The summed E-state index contributed by atoms with van der Waals surface area (Å²) >= 11 is 0. The normalized spacial score (nSPS) is 17.6. The van der Waals surface area contributed by atoms with E-state index in [-0.39, 0.29) is 18.0 Å². The molecule has 6 nitrogen and oxygen atoms in total. The van der Waals surface area contributed by atoms with Crippen LogP contribution in [0.25, 0.3) is 10.8 Å². The van der Waals surface area contributed by atoms with Crippen LogP contribution < -0.4 is 21.0 Å². The molecule has 0 radical (unpaired) electrons. The standard InChI is InChI=1S/C29H28N4O2/c1-20-9-11-21(12-10-20)19-35-25-15-13-23(14-16-25)27-17-28(32-31-27)29(34)33-30-18-24-7-4-6-22-5-2-3-8-26(22)24/h2-16,18,27-28,31-32H,17,19H2,1H3,(H,33,34)/b30-18+. The molecule has 4 aromatic carbocycles. The summed E-state index contributed by atoms with van der Waals surface area (Å²) in [5.41, 5.74) is 13.4. The summed E-state index contributed by atoms with van der Waals surface area (Å²) in [6, 6.07) is 30.1. The first-order valence-electron chi connectivity index (χ1n) is 11.8. The van der Waals surface area contributed by atoms with E-state index < -0.39 is 0 Å². The highest BCUT2D eigenvalue weighted by Gasteiger charge is 2.30. The molecule has 176 valence electrons. The molecule has 0 aliphatic carbocycles. The van der Waals surface area contributed by atoms with Crippen LogP contribution in [0.15, 0.2) is 96.1 Å². The molecule has 1 saturated heterocycles. The summed E-state index contributed by atoms with van der Waals surface area (Å²) in [4.78, 5) is 12.6. The SMILES string of the molecule is Cc1ccc(COc2ccc(C3CC(C(=O)N/N=C/c4cccc5ccccc45)NN3)cc2)cc1. The molecule has 5 rings (SSSR count). The smallest absolute Gasteiger partial charge is 0.258 e. The first kappa shape index (κ1) is 22.8. The Hall–Kier alpha value is -4.00. The second-order valence-electron chi connectivity index (χ2n) is 8.78. The van der Waals surface area contributed by atoms with Gasteiger partial charge in [0.05, 0.1) is 6.21 Å². The molecule has 1 aliphatic rings. The lowest BCUT2D eigenvalue weighted by molar-refractivity contribution is -0.122. The molecule has 35 heavy (non-hydrogen) atoms. The van der Waals surface area contributed by atoms with Gasteiger partial charge in [0.25, 0.3) is 5.91 Å². The van der Waals surface area contributed by atoms with Crippen LogP contribution in [0.1, 0.15) is 34.7 Å². The summed E-state index contributed by atoms with van der Waals surface area (Å²) in [5, 5.41) is 6.42. The summed E-state index contributed by atoms with van der Waals surface area (Å²) in [6.07, 6.45) is 2.31. The third-order valence-electron chi connectivity index (χ3n) is 6.23. The Labute approximate surface area is 205 Å². The number of benzene rings is 4. The number of carbonyl (C=O) groups excluding carboxylic acids is 1. The van der Waals surface area contributed by atoms with Crippen LogP contribution in [0.3, 0.4) is 0 Å². The monoisotopic (exact) mass is 464 g/mol. The van der Waals surface area contributed by atoms with Crippen molar-refractivity contribution < 1.29 is 9.53 Å². The maximum atomic E-state index is 12.6. The quantitative estimate of drug-likeness (QED) is 0.272. The fourth-order valence-electron chi connectivity index (χ4n) is 4.20. The van der Waals surface area contributed by atoms with Gasteiger partial charge in [0.2, 0.25) is 0 Å². The number of aryl methyl sites for hydroxylation is 1. The summed E-state index contributed by atoms with van der Waals surface area (Å²) in [6.45, 7) is 2.60. The fourth-order valence-corrected chi connectivity index (χ4v) is 4.20. The molecule has 2 unspecified atom stereocenters. The second kappa shape index (κ2) is 10.5. The van der Waals surface area contributed by atoms with Gasteiger partial charge in [-0.15, -0.1) is 0 Å². The average molecular weight is 465 g/mol. The van der Waals surface area contributed by atoms with Crippen LogP contribution in [0.2, 0.25) is 0 Å². The molecule has 0 bridgehead atoms. The van der Waals surface area contributed by atoms with Crippen molar-refractivity contribution >= 4 is 22.9 Å². The number of hydrazone groups is 1. The van der Waals surface area contributed by atoms with E-state index in [0.717, 1.165) is 33.2 Å². The van der Waals surface area contributed by atoms with Crippen molar-refractivity contribution in [3.05, 3.63) is 113 Å². The minimum absolute atomic E-state index is 0.0268. The third kappa shape index (κ3) is 5.57. The van der Waals surface area contributed by atoms with Gasteiger partial charge in [-0.3, -0.25) is 4.79 Å². The molecule has 6 heteroatoms. The number of carbonyl (C=O) groups is 1. The highest BCUT2D eigenvalue weighted by Crippen LogP contribution is 2.25. The molecule has 2 atom stereocenters. The zero-order valence-electron chi connectivity index (χ0n) is 19.6. The molecule has 1 heterocycles. The number of nitrogens with one attached hydrogen (secondary N) is 3. The molecular formula is C29H28N4O2. The number of hydrogen-bond acceptors (Lipinski definition) is 5. The summed E-state index contributed by atoms with van der Waals surface area (Å²) in [7, 11) is 0. The highest BCUT2D eigenvalue weighted by atomic mass is 16.5. The van der Waals surface area contributed by atoms with E-state index in [2.05, 4.69) is 64.7 Å². The Bertz CT molecular complexity index is 1330. The summed E-state index contributed by atoms with van der Waals surface area (Å²) < 4.78 is 5.90. The van der Waals surface area contributed by atoms with Gasteiger partial charge in [-0.25, -0.2) is 16.3 Å². The predicted octanol–water partition coefficient (Wildman–Crippen LogP) is 4.79. The van der Waals surface area contributed by atoms with Crippen LogP contribution in [0.5, 0.6) is 5.75 Å². The van der Waals surface area contributed by atoms with Gasteiger partial charge in [-0.2, -0.15) is 5.10 Å². The van der Waals surface area contributed by atoms with Crippen LogP contribution in [0, 0.1) is 6.92 Å². The first-order chi connectivity index (χ1) is 17.2. The van der Waals surface area contributed by atoms with Crippen molar-refractivity contribution in [1.29, 1.82) is 0 Å². The second-order valence-corrected chi connectivity index (χ2v) is 8.78. The van der Waals surface area contributed by atoms with Gasteiger partial charge in [-0.05, 0) is 47.4 Å². The number of nitrogens with zero attached hydrogens (tertiary/aromatic N) is 1. The number of rotatable bonds is 7. The molecule has 0 spiro atoms. The molecule has 4 aromatic rings. The first-order valence-corrected chi connectivity index (χ1v) is 11.8. The Morgan fingerprint density at radius 1 is 0.971 bits per heavy atom. The minimum Gasteiger partial charge on any atom is -0.489 e. The molecule has 3 N–H and O–H groups in total. The van der Waals surface area contributed by atoms with Gasteiger partial charge in [0, 0.05) is 11.6 Å². The molecule has 1 fully saturated rings. The van der Waals surface area contributed by atoms with Crippen molar-refractivity contribution in [3.63, 3.8) is 0 Å². The van der Waals surface area contributed by atoms with Crippen molar-refractivity contribution in [2.45, 2.75) is 32.0 Å². The van der Waals surface area contributed by atoms with Crippen LogP contribution >= 0.6 is 0 Å². The van der Waals surface area contributed by atoms with Gasteiger partial charge in [0.1, 0.15) is 18.4 Å². The van der Waals surface area contributed by atoms with Crippen molar-refractivity contribution in [1.82, 2.24) is 16.3 Å². The van der Waals surface area contributed by atoms with E-state index in [1.807, 2.05) is 54.6 Å². The van der Waals surface area contributed by atoms with E-state index in [1.54, 1.807) is 6.21 Å². The molecule has 1 aliphatic heterocycles. The fraction of sp³-hybridized carbons (Fsp3) is 0.172. The lowest BCUT2D eigenvalue weighted by atomic mass is 10.0. The van der Waals surface area contributed by atoms with Crippen molar-refractivity contribution in [3.8, 4) is 5.75 Å². The van der Waals surface area contributed by atoms with Gasteiger partial charge in [-0.1, -0.05) is 84.4 Å². The topological polar surface area (TPSA) is 74.8 Å². The highest BCUT2D eigenvalue weighted by molar-refractivity contribution is 6.00. The molecule has 1 amide bonds. The Kier molecular flexibility index (Phi) is 6.84. The minimum atomic E-state index is -0.373. The lowest BCUT2D eigenvalue weighted by Gasteiger charge is -2.11. The third-order valence-corrected chi connectivity index (χ3v) is 6.23. The number of hydrogen-bond donors (Lipinski definition) is 3. The lowest BCUT2D eigenvalue weighted by Crippen LogP contribution is -2.41. The van der Waals surface area contributed by atoms with Crippen molar-refractivity contribution in [2.24, 2.45) is 5.10 Å². The van der Waals surface area contributed by atoms with Crippen LogP contribution in [-0.4, -0.2) is 18.2 Å². The van der Waals surface area contributed by atoms with Gasteiger partial charge >= 0.3 is 0 Å². The van der Waals surface area contributed by atoms with Crippen LogP contribution in [-0.2, 0) is 11.4 Å².